The van der Waals surface area contributed by atoms with Crippen LogP contribution in [-0.2, 0) is 7.05 Å². The Hall–Kier alpha value is -0.870. The van der Waals surface area contributed by atoms with Crippen LogP contribution in [0.1, 0.15) is 17.3 Å². The Morgan fingerprint density at radius 3 is 2.82 bits per heavy atom. The molecule has 0 spiro atoms. The molecule has 0 aromatic carbocycles. The third-order valence-electron chi connectivity index (χ3n) is 1.60. The predicted octanol–water partition coefficient (Wildman–Crippen LogP) is -0.279. The van der Waals surface area contributed by atoms with E-state index < -0.39 is 0 Å². The van der Waals surface area contributed by atoms with Crippen LogP contribution in [0.2, 0.25) is 0 Å². The van der Waals surface area contributed by atoms with E-state index in [0.29, 0.717) is 0 Å². The quantitative estimate of drug-likeness (QED) is 0.617. The second kappa shape index (κ2) is 3.02. The minimum absolute atomic E-state index is 0.0577. The Morgan fingerprint density at radius 2 is 2.45 bits per heavy atom. The number of rotatable bonds is 2. The minimum atomic E-state index is -0.351. The summed E-state index contributed by atoms with van der Waals surface area (Å²) in [4.78, 5) is 0. The van der Waals surface area contributed by atoms with Crippen LogP contribution in [0.3, 0.4) is 0 Å². The average Bonchev–Trinajstić information content (AvgIpc) is 2.28. The first kappa shape index (κ1) is 8.23. The van der Waals surface area contributed by atoms with E-state index in [-0.39, 0.29) is 12.6 Å². The molecule has 4 nitrogen and oxygen atoms in total. The van der Waals surface area contributed by atoms with Crippen molar-refractivity contribution < 1.29 is 5.11 Å². The number of aryl methyl sites for hydroxylation is 2. The summed E-state index contributed by atoms with van der Waals surface area (Å²) < 4.78 is 1.69. The molecule has 0 saturated heterocycles. The summed E-state index contributed by atoms with van der Waals surface area (Å²) in [6.07, 6.45) is 1.88. The molecule has 1 aromatic rings. The summed E-state index contributed by atoms with van der Waals surface area (Å²) >= 11 is 0. The first-order valence-electron chi connectivity index (χ1n) is 3.51. The first-order valence-corrected chi connectivity index (χ1v) is 3.51. The van der Waals surface area contributed by atoms with Crippen LogP contribution in [0.15, 0.2) is 6.20 Å². The van der Waals surface area contributed by atoms with Gasteiger partial charge in [-0.1, -0.05) is 0 Å². The lowest BCUT2D eigenvalue weighted by atomic mass is 10.2. The minimum Gasteiger partial charge on any atom is -0.394 e. The fraction of sp³-hybridized carbons (Fsp3) is 0.571. The number of nitrogens with two attached hydrogens (primary N) is 1. The highest BCUT2D eigenvalue weighted by atomic mass is 16.3. The summed E-state index contributed by atoms with van der Waals surface area (Å²) in [5.41, 5.74) is 7.38. The molecular weight excluding hydrogens is 142 g/mol. The molecule has 0 fully saturated rings. The van der Waals surface area contributed by atoms with Gasteiger partial charge in [-0.05, 0) is 12.5 Å². The Bertz CT molecular complexity index is 244. The van der Waals surface area contributed by atoms with E-state index >= 15 is 0 Å². The van der Waals surface area contributed by atoms with E-state index in [2.05, 4.69) is 5.10 Å². The van der Waals surface area contributed by atoms with Crippen molar-refractivity contribution in [2.75, 3.05) is 6.61 Å². The molecule has 1 atom stereocenters. The molecule has 62 valence electrons. The molecule has 0 saturated carbocycles. The highest BCUT2D eigenvalue weighted by molar-refractivity contribution is 5.18. The van der Waals surface area contributed by atoms with Crippen molar-refractivity contribution in [3.63, 3.8) is 0 Å². The van der Waals surface area contributed by atoms with Crippen molar-refractivity contribution in [1.82, 2.24) is 9.78 Å². The van der Waals surface area contributed by atoms with E-state index in [4.69, 9.17) is 10.8 Å². The number of nitrogens with zero attached hydrogens (tertiary/aromatic N) is 2. The maximum Gasteiger partial charge on any atom is 0.0844 e. The zero-order valence-corrected chi connectivity index (χ0v) is 6.78. The van der Waals surface area contributed by atoms with Gasteiger partial charge in [-0.2, -0.15) is 5.10 Å². The Morgan fingerprint density at radius 1 is 1.82 bits per heavy atom. The molecule has 11 heavy (non-hydrogen) atoms. The molecule has 0 unspecified atom stereocenters. The molecule has 0 bridgehead atoms. The number of hydrogen-bond donors (Lipinski definition) is 2. The second-order valence-electron chi connectivity index (χ2n) is 2.66. The van der Waals surface area contributed by atoms with Crippen LogP contribution in [-0.4, -0.2) is 21.5 Å². The topological polar surface area (TPSA) is 64.1 Å². The van der Waals surface area contributed by atoms with Crippen molar-refractivity contribution in [1.29, 1.82) is 0 Å². The summed E-state index contributed by atoms with van der Waals surface area (Å²) in [5.74, 6) is 0. The largest absolute Gasteiger partial charge is 0.394 e. The standard InChI is InChI=1S/C7H13N3O/c1-5-3-10(2)9-7(5)6(8)4-11/h3,6,11H,4,8H2,1-2H3/t6-/m1/s1. The molecule has 4 heteroatoms. The molecule has 0 amide bonds. The van der Waals surface area contributed by atoms with Gasteiger partial charge in [0.05, 0.1) is 18.3 Å². The molecular formula is C7H13N3O. The smallest absolute Gasteiger partial charge is 0.0844 e. The van der Waals surface area contributed by atoms with Gasteiger partial charge in [0.2, 0.25) is 0 Å². The van der Waals surface area contributed by atoms with Crippen molar-refractivity contribution in [3.05, 3.63) is 17.5 Å². The van der Waals surface area contributed by atoms with E-state index in [1.54, 1.807) is 4.68 Å². The average molecular weight is 155 g/mol. The van der Waals surface area contributed by atoms with Gasteiger partial charge in [-0.3, -0.25) is 4.68 Å². The van der Waals surface area contributed by atoms with Crippen LogP contribution < -0.4 is 5.73 Å². The molecule has 0 radical (unpaired) electrons. The highest BCUT2D eigenvalue weighted by Crippen LogP contribution is 2.11. The molecule has 3 N–H and O–H groups in total. The maximum absolute atomic E-state index is 8.75. The maximum atomic E-state index is 8.75. The van der Waals surface area contributed by atoms with Crippen molar-refractivity contribution in [2.24, 2.45) is 12.8 Å². The van der Waals surface area contributed by atoms with Gasteiger partial charge in [-0.25, -0.2) is 0 Å². The summed E-state index contributed by atoms with van der Waals surface area (Å²) in [5, 5.41) is 12.9. The SMILES string of the molecule is Cc1cn(C)nc1[C@H](N)CO. The molecule has 0 aliphatic carbocycles. The number of aliphatic hydroxyl groups is 1. The second-order valence-corrected chi connectivity index (χ2v) is 2.66. The van der Waals surface area contributed by atoms with Gasteiger partial charge in [0.15, 0.2) is 0 Å². The monoisotopic (exact) mass is 155 g/mol. The molecule has 1 aromatic heterocycles. The normalized spacial score (nSPS) is 13.5. The fourth-order valence-electron chi connectivity index (χ4n) is 1.08. The summed E-state index contributed by atoms with van der Waals surface area (Å²) in [6, 6.07) is -0.351. The molecule has 1 rings (SSSR count). The first-order chi connectivity index (χ1) is 5.15. The Labute approximate surface area is 65.6 Å². The third-order valence-corrected chi connectivity index (χ3v) is 1.60. The number of hydrogen-bond acceptors (Lipinski definition) is 3. The lowest BCUT2D eigenvalue weighted by Crippen LogP contribution is -2.16. The van der Waals surface area contributed by atoms with Crippen LogP contribution in [0.4, 0.5) is 0 Å². The van der Waals surface area contributed by atoms with Gasteiger partial charge < -0.3 is 10.8 Å². The summed E-state index contributed by atoms with van der Waals surface area (Å²) in [7, 11) is 1.83. The lowest BCUT2D eigenvalue weighted by molar-refractivity contribution is 0.265. The van der Waals surface area contributed by atoms with Crippen molar-refractivity contribution in [3.8, 4) is 0 Å². The lowest BCUT2D eigenvalue weighted by Gasteiger charge is -2.03. The van der Waals surface area contributed by atoms with Crippen molar-refractivity contribution >= 4 is 0 Å². The van der Waals surface area contributed by atoms with Gasteiger partial charge in [0.25, 0.3) is 0 Å². The van der Waals surface area contributed by atoms with E-state index in [0.717, 1.165) is 11.3 Å². The molecule has 0 aliphatic rings. The van der Waals surface area contributed by atoms with E-state index in [1.807, 2.05) is 20.2 Å². The third kappa shape index (κ3) is 1.58. The highest BCUT2D eigenvalue weighted by Gasteiger charge is 2.10. The van der Waals surface area contributed by atoms with Gasteiger partial charge >= 0.3 is 0 Å². The zero-order valence-electron chi connectivity index (χ0n) is 6.78. The molecule has 1 heterocycles. The Kier molecular flexibility index (Phi) is 2.26. The van der Waals surface area contributed by atoms with Crippen molar-refractivity contribution in [2.45, 2.75) is 13.0 Å². The number of aliphatic hydroxyl groups excluding tert-OH is 1. The molecule has 0 aliphatic heterocycles. The zero-order chi connectivity index (χ0) is 8.43. The van der Waals surface area contributed by atoms with Crippen LogP contribution in [0.25, 0.3) is 0 Å². The van der Waals surface area contributed by atoms with E-state index in [1.165, 1.54) is 0 Å². The predicted molar refractivity (Wildman–Crippen MR) is 42.0 cm³/mol. The van der Waals surface area contributed by atoms with Gasteiger partial charge in [0.1, 0.15) is 0 Å². The van der Waals surface area contributed by atoms with Gasteiger partial charge in [0, 0.05) is 13.2 Å². The van der Waals surface area contributed by atoms with Crippen LogP contribution in [0, 0.1) is 6.92 Å². The van der Waals surface area contributed by atoms with Crippen LogP contribution >= 0.6 is 0 Å². The Balaban J connectivity index is 2.93. The van der Waals surface area contributed by atoms with E-state index in [9.17, 15) is 0 Å². The number of aromatic nitrogens is 2. The van der Waals surface area contributed by atoms with Crippen LogP contribution in [0.5, 0.6) is 0 Å². The van der Waals surface area contributed by atoms with Gasteiger partial charge in [-0.15, -0.1) is 0 Å². The summed E-state index contributed by atoms with van der Waals surface area (Å²) in [6.45, 7) is 1.87. The fourth-order valence-corrected chi connectivity index (χ4v) is 1.08.